The first-order valence-corrected chi connectivity index (χ1v) is 5.35. The van der Waals surface area contributed by atoms with Gasteiger partial charge in [0.05, 0.1) is 18.1 Å². The van der Waals surface area contributed by atoms with E-state index in [2.05, 4.69) is 13.2 Å². The van der Waals surface area contributed by atoms with Gasteiger partial charge in [0.1, 0.15) is 0 Å². The van der Waals surface area contributed by atoms with Gasteiger partial charge in [-0.05, 0) is 6.92 Å². The molecule has 0 fully saturated rings. The van der Waals surface area contributed by atoms with E-state index < -0.39 is 22.2 Å². The van der Waals surface area contributed by atoms with Gasteiger partial charge in [-0.1, -0.05) is 13.2 Å². The Bertz CT molecular complexity index is 280. The molecule has 8 heteroatoms. The summed E-state index contributed by atoms with van der Waals surface area (Å²) in [7, 11) is -3.90. The van der Waals surface area contributed by atoms with Crippen LogP contribution in [-0.4, -0.2) is 47.0 Å². The number of rotatable bonds is 3. The van der Waals surface area contributed by atoms with Gasteiger partial charge >= 0.3 is 5.97 Å². The fraction of sp³-hybridized carbons (Fsp3) is 0.375. The quantitative estimate of drug-likeness (QED) is 0.400. The number of aliphatic carboxylic acids is 1. The van der Waals surface area contributed by atoms with Crippen molar-refractivity contribution in [2.24, 2.45) is 0 Å². The van der Waals surface area contributed by atoms with Crippen molar-refractivity contribution in [3.05, 3.63) is 24.6 Å². The molecule has 0 aliphatic heterocycles. The summed E-state index contributed by atoms with van der Waals surface area (Å²) in [5.74, 6) is -0.981. The van der Waals surface area contributed by atoms with Crippen LogP contribution in [0.15, 0.2) is 24.6 Å². The van der Waals surface area contributed by atoms with E-state index in [0.29, 0.717) is 5.41 Å². The molecule has 0 aromatic heterocycles. The monoisotopic (exact) mass is 256 g/mol. The summed E-state index contributed by atoms with van der Waals surface area (Å²) < 4.78 is 26.6. The van der Waals surface area contributed by atoms with Crippen LogP contribution in [0.4, 0.5) is 0 Å². The van der Waals surface area contributed by atoms with Gasteiger partial charge < -0.3 is 15.3 Å². The highest BCUT2D eigenvalue weighted by atomic mass is 32.2. The molecule has 0 aliphatic carbocycles. The summed E-state index contributed by atoms with van der Waals surface area (Å²) in [6.45, 7) is 7.14. The lowest BCUT2D eigenvalue weighted by Gasteiger charge is -1.90. The lowest BCUT2D eigenvalue weighted by Crippen LogP contribution is -2.03. The molecule has 1 unspecified atom stereocenters. The first-order chi connectivity index (χ1) is 7.10. The third-order valence-electron chi connectivity index (χ3n) is 0.649. The maximum absolute atomic E-state index is 9.44. The van der Waals surface area contributed by atoms with Crippen molar-refractivity contribution in [3.63, 3.8) is 0 Å². The molecular formula is C8H16O7S. The third-order valence-corrected chi connectivity index (χ3v) is 1.07. The van der Waals surface area contributed by atoms with E-state index in [9.17, 15) is 13.2 Å². The van der Waals surface area contributed by atoms with Gasteiger partial charge in [-0.25, -0.2) is 4.79 Å². The molecule has 96 valence electrons. The highest BCUT2D eigenvalue weighted by Gasteiger charge is 1.87. The molecule has 0 amide bonds. The minimum atomic E-state index is -3.90. The van der Waals surface area contributed by atoms with Crippen LogP contribution in [0.25, 0.3) is 0 Å². The molecule has 0 saturated carbocycles. The average Bonchev–Trinajstić information content (AvgIpc) is 2.18. The second-order valence-electron chi connectivity index (χ2n) is 2.26. The van der Waals surface area contributed by atoms with E-state index >= 15 is 0 Å². The second kappa shape index (κ2) is 11.9. The molecule has 0 aliphatic rings. The van der Waals surface area contributed by atoms with Crippen molar-refractivity contribution < 1.29 is 33.1 Å². The zero-order valence-electron chi connectivity index (χ0n) is 8.78. The van der Waals surface area contributed by atoms with Crippen molar-refractivity contribution >= 4 is 16.1 Å². The Hall–Kier alpha value is -1.22. The molecule has 0 saturated heterocycles. The number of carboxylic acid groups (broad SMARTS) is 1. The molecule has 4 N–H and O–H groups in total. The fourth-order valence-corrected chi connectivity index (χ4v) is 0. The van der Waals surface area contributed by atoms with Crippen molar-refractivity contribution in [2.75, 3.05) is 6.61 Å². The molecular weight excluding hydrogens is 240 g/mol. The van der Waals surface area contributed by atoms with Crippen LogP contribution in [0, 0.1) is 0 Å². The van der Waals surface area contributed by atoms with Crippen LogP contribution in [0.1, 0.15) is 6.92 Å². The number of hydrogen-bond donors (Lipinski definition) is 4. The number of hydrogen-bond acceptors (Lipinski definition) is 5. The Balaban J connectivity index is -0.000000160. The molecule has 7 nitrogen and oxygen atoms in total. The van der Waals surface area contributed by atoms with Gasteiger partial charge in [-0.3, -0.25) is 4.55 Å². The number of aliphatic hydroxyl groups is 2. The summed E-state index contributed by atoms with van der Waals surface area (Å²) in [6, 6.07) is 0. The number of aliphatic hydroxyl groups excluding tert-OH is 2. The van der Waals surface area contributed by atoms with Crippen LogP contribution in [0.2, 0.25) is 0 Å². The Kier molecular flexibility index (Phi) is 15.0. The highest BCUT2D eigenvalue weighted by molar-refractivity contribution is 7.88. The molecule has 0 bridgehead atoms. The van der Waals surface area contributed by atoms with Crippen LogP contribution < -0.4 is 0 Å². The van der Waals surface area contributed by atoms with E-state index in [1.807, 2.05) is 0 Å². The van der Waals surface area contributed by atoms with Crippen molar-refractivity contribution in [1.29, 1.82) is 0 Å². The molecule has 1 atom stereocenters. The maximum Gasteiger partial charge on any atom is 0.327 e. The van der Waals surface area contributed by atoms with Gasteiger partial charge in [-0.15, -0.1) is 0 Å². The average molecular weight is 256 g/mol. The van der Waals surface area contributed by atoms with E-state index in [1.165, 1.54) is 6.92 Å². The van der Waals surface area contributed by atoms with Crippen LogP contribution in [0.5, 0.6) is 0 Å². The van der Waals surface area contributed by atoms with Crippen molar-refractivity contribution in [2.45, 2.75) is 13.0 Å². The summed E-state index contributed by atoms with van der Waals surface area (Å²) in [5.41, 5.74) is 0. The van der Waals surface area contributed by atoms with Crippen LogP contribution in [0.3, 0.4) is 0 Å². The van der Waals surface area contributed by atoms with E-state index in [0.717, 1.165) is 6.08 Å². The van der Waals surface area contributed by atoms with Crippen LogP contribution in [-0.2, 0) is 14.9 Å². The molecule has 0 heterocycles. The lowest BCUT2D eigenvalue weighted by atomic mass is 10.5. The number of carboxylic acids is 1. The van der Waals surface area contributed by atoms with Gasteiger partial charge in [0.25, 0.3) is 10.1 Å². The van der Waals surface area contributed by atoms with Crippen molar-refractivity contribution in [1.82, 2.24) is 0 Å². The third kappa shape index (κ3) is 53.1. The largest absolute Gasteiger partial charge is 0.478 e. The van der Waals surface area contributed by atoms with Gasteiger partial charge in [0.2, 0.25) is 0 Å². The second-order valence-corrected chi connectivity index (χ2v) is 3.62. The van der Waals surface area contributed by atoms with Gasteiger partial charge in [-0.2, -0.15) is 8.42 Å². The van der Waals surface area contributed by atoms with E-state index in [-0.39, 0.29) is 6.61 Å². The molecule has 0 radical (unpaired) electrons. The van der Waals surface area contributed by atoms with E-state index in [1.54, 1.807) is 0 Å². The Morgan fingerprint density at radius 3 is 1.62 bits per heavy atom. The van der Waals surface area contributed by atoms with Crippen LogP contribution >= 0.6 is 0 Å². The molecule has 16 heavy (non-hydrogen) atoms. The van der Waals surface area contributed by atoms with Crippen molar-refractivity contribution in [3.8, 4) is 0 Å². The minimum Gasteiger partial charge on any atom is -0.478 e. The summed E-state index contributed by atoms with van der Waals surface area (Å²) >= 11 is 0. The van der Waals surface area contributed by atoms with E-state index in [4.69, 9.17) is 19.9 Å². The smallest absolute Gasteiger partial charge is 0.327 e. The summed E-state index contributed by atoms with van der Waals surface area (Å²) in [5, 5.41) is 24.1. The summed E-state index contributed by atoms with van der Waals surface area (Å²) in [4.78, 5) is 9.25. The van der Waals surface area contributed by atoms with Gasteiger partial charge in [0, 0.05) is 6.08 Å². The molecule has 0 aromatic rings. The first-order valence-electron chi connectivity index (χ1n) is 3.84. The summed E-state index contributed by atoms with van der Waals surface area (Å²) in [6.07, 6.45) is 0.273. The molecule has 0 spiro atoms. The predicted octanol–water partition coefficient (Wildman–Crippen LogP) is -0.366. The highest BCUT2D eigenvalue weighted by Crippen LogP contribution is 1.75. The maximum atomic E-state index is 9.44. The zero-order valence-corrected chi connectivity index (χ0v) is 9.59. The minimum absolute atomic E-state index is 0.139. The normalized spacial score (nSPS) is 10.8. The van der Waals surface area contributed by atoms with Gasteiger partial charge in [0.15, 0.2) is 0 Å². The topological polar surface area (TPSA) is 132 Å². The zero-order chi connectivity index (χ0) is 13.8. The molecule has 0 rings (SSSR count). The predicted molar refractivity (Wildman–Crippen MR) is 58.3 cm³/mol. The standard InChI is InChI=1S/C3H8O2.C3H4O2.C2H4O3S/c1-3(5)2-4;1-2-3(4)5;1-2-6(3,4)5/h3-5H,2H2,1H3;2H,1H2,(H,4,5);2H,1H2,(H,3,4,5). The molecule has 0 aromatic carbocycles. The fourth-order valence-electron chi connectivity index (χ4n) is 0. The first kappa shape index (κ1) is 20.2. The Morgan fingerprint density at radius 1 is 1.44 bits per heavy atom. The Morgan fingerprint density at radius 2 is 1.62 bits per heavy atom. The lowest BCUT2D eigenvalue weighted by molar-refractivity contribution is -0.131. The SMILES string of the molecule is C=CC(=O)O.C=CS(=O)(=O)O.CC(O)CO. The Labute approximate surface area is 94.1 Å². The number of carbonyl (C=O) groups is 1.